The molecule has 3 aliphatic rings. The monoisotopic (exact) mass is 471 g/mol. The van der Waals surface area contributed by atoms with Gasteiger partial charge in [-0.05, 0) is 86.9 Å². The van der Waals surface area contributed by atoms with Gasteiger partial charge in [0.2, 0.25) is 0 Å². The van der Waals surface area contributed by atoms with E-state index in [0.717, 1.165) is 55.2 Å². The van der Waals surface area contributed by atoms with Gasteiger partial charge < -0.3 is 10.2 Å². The number of piperidine rings is 1. The summed E-state index contributed by atoms with van der Waals surface area (Å²) in [6.45, 7) is 9.21. The maximum absolute atomic E-state index is 12.8. The fourth-order valence-corrected chi connectivity index (χ4v) is 7.01. The van der Waals surface area contributed by atoms with E-state index in [1.54, 1.807) is 6.07 Å². The number of hydrogen-bond acceptors (Lipinski definition) is 4. The first-order valence-corrected chi connectivity index (χ1v) is 13.2. The van der Waals surface area contributed by atoms with Gasteiger partial charge in [-0.1, -0.05) is 36.4 Å². The molecule has 35 heavy (non-hydrogen) atoms. The molecule has 2 aliphatic carbocycles. The molecule has 1 aliphatic heterocycles. The van der Waals surface area contributed by atoms with Crippen LogP contribution in [0.25, 0.3) is 0 Å². The maximum Gasteiger partial charge on any atom is 0.115 e. The van der Waals surface area contributed by atoms with E-state index in [0.29, 0.717) is 6.42 Å². The summed E-state index contributed by atoms with van der Waals surface area (Å²) in [6, 6.07) is 16.2. The largest absolute Gasteiger partial charge is 0.508 e. The number of aryl methyl sites for hydroxylation is 2. The molecule has 0 radical (unpaired) electrons. The third kappa shape index (κ3) is 3.63. The van der Waals surface area contributed by atoms with Crippen molar-refractivity contribution >= 4 is 0 Å². The zero-order valence-electron chi connectivity index (χ0n) is 21.2. The molecule has 0 bridgehead atoms. The SMILES string of the molecule is Cc1ccc(O)cc1[C@]12CCN(CC3CC3)[C@H](C)[C@]1(O)Cc1c(C)nn(Cc3ccccc3)c1C2. The maximum atomic E-state index is 12.8. The zero-order valence-corrected chi connectivity index (χ0v) is 21.2. The molecule has 2 N–H and O–H groups in total. The van der Waals surface area contributed by atoms with Crippen LogP contribution in [0, 0.1) is 19.8 Å². The standard InChI is InChI=1S/C30H37N3O2/c1-20-9-12-25(34)15-27(20)29-13-14-32(18-24-10-11-24)22(3)30(29,35)16-26-21(2)31-33(28(26)17-29)19-23-7-5-4-6-8-23/h4-9,12,15,22,24,34-35H,10-11,13-14,16-19H2,1-3H3/t22-,29-,30-/m1/s1. The third-order valence-corrected chi connectivity index (χ3v) is 9.28. The van der Waals surface area contributed by atoms with Crippen LogP contribution in [0.4, 0.5) is 0 Å². The van der Waals surface area contributed by atoms with E-state index < -0.39 is 11.0 Å². The molecule has 2 fully saturated rings. The van der Waals surface area contributed by atoms with Gasteiger partial charge in [-0.3, -0.25) is 9.58 Å². The van der Waals surface area contributed by atoms with Crippen molar-refractivity contribution in [2.45, 2.75) is 76.5 Å². The van der Waals surface area contributed by atoms with E-state index in [-0.39, 0.29) is 11.8 Å². The summed E-state index contributed by atoms with van der Waals surface area (Å²) >= 11 is 0. The van der Waals surface area contributed by atoms with E-state index in [2.05, 4.69) is 54.6 Å². The van der Waals surface area contributed by atoms with Crippen LogP contribution in [0.15, 0.2) is 48.5 Å². The van der Waals surface area contributed by atoms with Gasteiger partial charge in [0.1, 0.15) is 5.75 Å². The van der Waals surface area contributed by atoms with E-state index in [1.165, 1.54) is 29.7 Å². The third-order valence-electron chi connectivity index (χ3n) is 9.28. The molecular formula is C30H37N3O2. The van der Waals surface area contributed by atoms with E-state index in [1.807, 2.05) is 18.2 Å². The van der Waals surface area contributed by atoms with Gasteiger partial charge in [0.15, 0.2) is 0 Å². The van der Waals surface area contributed by atoms with Crippen molar-refractivity contribution in [3.8, 4) is 5.75 Å². The van der Waals surface area contributed by atoms with Crippen molar-refractivity contribution in [3.63, 3.8) is 0 Å². The number of phenols is 1. The average Bonchev–Trinajstić information content (AvgIpc) is 3.62. The lowest BCUT2D eigenvalue weighted by molar-refractivity contribution is -0.139. The number of phenolic OH excluding ortho intramolecular Hbond substituents is 1. The molecular weight excluding hydrogens is 434 g/mol. The molecule has 5 heteroatoms. The number of fused-ring (bicyclic) bond motifs is 2. The highest BCUT2D eigenvalue weighted by Gasteiger charge is 2.62. The number of hydrogen-bond donors (Lipinski definition) is 2. The number of aliphatic hydroxyl groups is 1. The minimum absolute atomic E-state index is 0.0311. The van der Waals surface area contributed by atoms with Crippen LogP contribution < -0.4 is 0 Å². The summed E-state index contributed by atoms with van der Waals surface area (Å²) in [7, 11) is 0. The molecule has 3 atom stereocenters. The highest BCUT2D eigenvalue weighted by Crippen LogP contribution is 2.54. The van der Waals surface area contributed by atoms with Crippen LogP contribution in [0.1, 0.15) is 59.8 Å². The lowest BCUT2D eigenvalue weighted by Gasteiger charge is -2.60. The van der Waals surface area contributed by atoms with Gasteiger partial charge in [0.05, 0.1) is 17.8 Å². The van der Waals surface area contributed by atoms with Gasteiger partial charge in [-0.25, -0.2) is 0 Å². The van der Waals surface area contributed by atoms with Crippen molar-refractivity contribution in [1.29, 1.82) is 0 Å². The number of rotatable bonds is 5. The predicted molar refractivity (Wildman–Crippen MR) is 138 cm³/mol. The fraction of sp³-hybridized carbons (Fsp3) is 0.500. The average molecular weight is 472 g/mol. The summed E-state index contributed by atoms with van der Waals surface area (Å²) in [5.74, 6) is 1.06. The number of aromatic hydroxyl groups is 1. The second kappa shape index (κ2) is 8.21. The second-order valence-electron chi connectivity index (χ2n) is 11.4. The Bertz CT molecular complexity index is 1250. The molecule has 5 nitrogen and oxygen atoms in total. The summed E-state index contributed by atoms with van der Waals surface area (Å²) in [5.41, 5.74) is 5.52. The summed E-state index contributed by atoms with van der Waals surface area (Å²) in [5, 5.41) is 28.3. The number of aromatic nitrogens is 2. The van der Waals surface area contributed by atoms with Crippen molar-refractivity contribution in [2.24, 2.45) is 5.92 Å². The Balaban J connectivity index is 1.49. The normalized spacial score (nSPS) is 28.5. The molecule has 2 heterocycles. The van der Waals surface area contributed by atoms with Crippen LogP contribution >= 0.6 is 0 Å². The minimum Gasteiger partial charge on any atom is -0.508 e. The Labute approximate surface area is 208 Å². The number of nitrogens with zero attached hydrogens (tertiary/aromatic N) is 3. The Kier molecular flexibility index (Phi) is 5.35. The molecule has 1 saturated heterocycles. The first-order valence-electron chi connectivity index (χ1n) is 13.2. The van der Waals surface area contributed by atoms with Crippen LogP contribution in [-0.2, 0) is 24.8 Å². The van der Waals surface area contributed by atoms with Crippen molar-refractivity contribution in [3.05, 3.63) is 82.2 Å². The lowest BCUT2D eigenvalue weighted by Crippen LogP contribution is -2.71. The van der Waals surface area contributed by atoms with Crippen molar-refractivity contribution < 1.29 is 10.2 Å². The van der Waals surface area contributed by atoms with Gasteiger partial charge >= 0.3 is 0 Å². The fourth-order valence-electron chi connectivity index (χ4n) is 7.01. The van der Waals surface area contributed by atoms with Gasteiger partial charge in [-0.15, -0.1) is 0 Å². The van der Waals surface area contributed by atoms with Gasteiger partial charge in [0, 0.05) is 36.5 Å². The smallest absolute Gasteiger partial charge is 0.115 e. The van der Waals surface area contributed by atoms with Crippen LogP contribution in [0.2, 0.25) is 0 Å². The topological polar surface area (TPSA) is 61.5 Å². The van der Waals surface area contributed by atoms with Crippen LogP contribution in [0.3, 0.4) is 0 Å². The summed E-state index contributed by atoms with van der Waals surface area (Å²) < 4.78 is 2.17. The molecule has 0 spiro atoms. The van der Waals surface area contributed by atoms with E-state index >= 15 is 0 Å². The highest BCUT2D eigenvalue weighted by molar-refractivity contribution is 5.48. The van der Waals surface area contributed by atoms with Crippen LogP contribution in [-0.4, -0.2) is 49.6 Å². The van der Waals surface area contributed by atoms with E-state index in [9.17, 15) is 10.2 Å². The molecule has 0 amide bonds. The molecule has 6 rings (SSSR count). The van der Waals surface area contributed by atoms with Gasteiger partial charge in [-0.2, -0.15) is 5.10 Å². The van der Waals surface area contributed by atoms with E-state index in [4.69, 9.17) is 5.10 Å². The number of likely N-dealkylation sites (tertiary alicyclic amines) is 1. The molecule has 184 valence electrons. The predicted octanol–water partition coefficient (Wildman–Crippen LogP) is 4.53. The van der Waals surface area contributed by atoms with Crippen molar-refractivity contribution in [1.82, 2.24) is 14.7 Å². The first-order chi connectivity index (χ1) is 16.8. The van der Waals surface area contributed by atoms with Crippen LogP contribution in [0.5, 0.6) is 5.75 Å². The Morgan fingerprint density at radius 2 is 1.83 bits per heavy atom. The Hall–Kier alpha value is -2.63. The Morgan fingerprint density at radius 1 is 1.06 bits per heavy atom. The molecule has 2 aromatic carbocycles. The quantitative estimate of drug-likeness (QED) is 0.574. The number of benzene rings is 2. The van der Waals surface area contributed by atoms with Crippen molar-refractivity contribution in [2.75, 3.05) is 13.1 Å². The summed E-state index contributed by atoms with van der Waals surface area (Å²) in [6.07, 6.45) is 4.83. The lowest BCUT2D eigenvalue weighted by atomic mass is 9.53. The first kappa shape index (κ1) is 22.8. The second-order valence-corrected chi connectivity index (χ2v) is 11.4. The van der Waals surface area contributed by atoms with Gasteiger partial charge in [0.25, 0.3) is 0 Å². The summed E-state index contributed by atoms with van der Waals surface area (Å²) in [4.78, 5) is 2.53. The molecule has 1 saturated carbocycles. The molecule has 1 aromatic heterocycles. The molecule has 0 unspecified atom stereocenters. The minimum atomic E-state index is -0.933. The zero-order chi connectivity index (χ0) is 24.4. The molecule has 3 aromatic rings. The Morgan fingerprint density at radius 3 is 2.57 bits per heavy atom. The highest BCUT2D eigenvalue weighted by atomic mass is 16.3.